The first kappa shape index (κ1) is 24.1. The summed E-state index contributed by atoms with van der Waals surface area (Å²) in [7, 11) is -3.70. The minimum atomic E-state index is -3.70. The van der Waals surface area contributed by atoms with Gasteiger partial charge in [0, 0.05) is 18.8 Å². The Hall–Kier alpha value is -2.58. The maximum Gasteiger partial charge on any atom is 0.262 e. The van der Waals surface area contributed by atoms with Crippen molar-refractivity contribution in [1.29, 1.82) is 0 Å². The van der Waals surface area contributed by atoms with E-state index in [4.69, 9.17) is 9.47 Å². The van der Waals surface area contributed by atoms with E-state index in [0.717, 1.165) is 12.8 Å². The second-order valence-corrected chi connectivity index (χ2v) is 10.7. The van der Waals surface area contributed by atoms with Crippen LogP contribution in [0.25, 0.3) is 0 Å². The zero-order valence-corrected chi connectivity index (χ0v) is 20.0. The first-order valence-electron chi connectivity index (χ1n) is 10.9. The highest BCUT2D eigenvalue weighted by molar-refractivity contribution is 7.89. The molecule has 0 aromatic heterocycles. The third-order valence-corrected chi connectivity index (χ3v) is 7.22. The van der Waals surface area contributed by atoms with Crippen molar-refractivity contribution in [3.05, 3.63) is 48.0 Å². The van der Waals surface area contributed by atoms with Gasteiger partial charge in [0.25, 0.3) is 5.91 Å². The van der Waals surface area contributed by atoms with Crippen LogP contribution in [0.3, 0.4) is 0 Å². The molecule has 0 radical (unpaired) electrons. The number of nitrogens with one attached hydrogen (secondary N) is 1. The predicted molar refractivity (Wildman–Crippen MR) is 125 cm³/mol. The summed E-state index contributed by atoms with van der Waals surface area (Å²) in [5.74, 6) is 0.503. The molecule has 1 N–H and O–H groups in total. The Balaban J connectivity index is 1.69. The molecule has 1 heterocycles. The molecule has 0 bridgehead atoms. The molecule has 0 saturated carbocycles. The summed E-state index contributed by atoms with van der Waals surface area (Å²) in [5, 5.41) is 2.72. The van der Waals surface area contributed by atoms with Gasteiger partial charge in [0.2, 0.25) is 10.0 Å². The summed E-state index contributed by atoms with van der Waals surface area (Å²) < 4.78 is 38.8. The minimum absolute atomic E-state index is 0.0384. The average molecular weight is 461 g/mol. The van der Waals surface area contributed by atoms with Gasteiger partial charge >= 0.3 is 0 Å². The summed E-state index contributed by atoms with van der Waals surface area (Å²) in [6.45, 7) is 9.33. The summed E-state index contributed by atoms with van der Waals surface area (Å²) in [4.78, 5) is 12.5. The van der Waals surface area contributed by atoms with Crippen LogP contribution in [-0.4, -0.2) is 44.9 Å². The Labute approximate surface area is 190 Å². The van der Waals surface area contributed by atoms with Crippen LogP contribution in [0.1, 0.15) is 46.1 Å². The van der Waals surface area contributed by atoms with Crippen molar-refractivity contribution in [1.82, 2.24) is 4.31 Å². The molecule has 2 aromatic rings. The molecule has 0 unspecified atom stereocenters. The van der Waals surface area contributed by atoms with Crippen molar-refractivity contribution in [2.24, 2.45) is 0 Å². The molecule has 1 saturated heterocycles. The number of sulfonamides is 1. The van der Waals surface area contributed by atoms with Crippen molar-refractivity contribution in [2.45, 2.75) is 50.8 Å². The second kappa shape index (κ2) is 9.92. The van der Waals surface area contributed by atoms with Crippen molar-refractivity contribution < 1.29 is 22.7 Å². The number of carbonyl (C=O) groups excluding carboxylic acids is 1. The molecule has 0 atom stereocenters. The summed E-state index contributed by atoms with van der Waals surface area (Å²) >= 11 is 0. The van der Waals surface area contributed by atoms with Gasteiger partial charge in [0.15, 0.2) is 6.61 Å². The molecular formula is C24H32N2O5S. The largest absolute Gasteiger partial charge is 0.492 e. The van der Waals surface area contributed by atoms with E-state index >= 15 is 0 Å². The van der Waals surface area contributed by atoms with Crippen LogP contribution in [0.5, 0.6) is 11.5 Å². The molecule has 1 fully saturated rings. The Bertz CT molecular complexity index is 1040. The summed E-state index contributed by atoms with van der Waals surface area (Å²) in [6.07, 6.45) is 1.68. The highest BCUT2D eigenvalue weighted by atomic mass is 32.2. The average Bonchev–Trinajstić information content (AvgIpc) is 3.29. The van der Waals surface area contributed by atoms with E-state index in [1.54, 1.807) is 19.1 Å². The number of benzene rings is 2. The van der Waals surface area contributed by atoms with Crippen molar-refractivity contribution in [3.63, 3.8) is 0 Å². The SMILES string of the molecule is CCOc1ccc(NC(=O)COc2ccc(C(C)(C)C)cc2)cc1S(=O)(=O)N1CCCC1. The van der Waals surface area contributed by atoms with Gasteiger partial charge in [-0.25, -0.2) is 8.42 Å². The van der Waals surface area contributed by atoms with Gasteiger partial charge in [0.1, 0.15) is 16.4 Å². The molecule has 2 aromatic carbocycles. The number of anilines is 1. The minimum Gasteiger partial charge on any atom is -0.492 e. The molecule has 8 heteroatoms. The number of hydrogen-bond acceptors (Lipinski definition) is 5. The maximum absolute atomic E-state index is 13.1. The standard InChI is InChI=1S/C24H32N2O5S/c1-5-30-21-13-10-19(16-22(21)32(28,29)26-14-6-7-15-26)25-23(27)17-31-20-11-8-18(9-12-20)24(2,3)4/h8-13,16H,5-7,14-15,17H2,1-4H3,(H,25,27). The van der Waals surface area contributed by atoms with Gasteiger partial charge < -0.3 is 14.8 Å². The van der Waals surface area contributed by atoms with Crippen LogP contribution in [0, 0.1) is 0 Å². The Morgan fingerprint density at radius 1 is 1.03 bits per heavy atom. The number of nitrogens with zero attached hydrogens (tertiary/aromatic N) is 1. The van der Waals surface area contributed by atoms with Crippen molar-refractivity contribution >= 4 is 21.6 Å². The van der Waals surface area contributed by atoms with Crippen molar-refractivity contribution in [3.8, 4) is 11.5 Å². The number of carbonyl (C=O) groups is 1. The van der Waals surface area contributed by atoms with E-state index in [-0.39, 0.29) is 28.6 Å². The maximum atomic E-state index is 13.1. The van der Waals surface area contributed by atoms with Gasteiger partial charge in [-0.2, -0.15) is 4.31 Å². The molecule has 174 valence electrons. The highest BCUT2D eigenvalue weighted by Crippen LogP contribution is 2.31. The van der Waals surface area contributed by atoms with Crippen LogP contribution in [-0.2, 0) is 20.2 Å². The fourth-order valence-corrected chi connectivity index (χ4v) is 5.20. The Morgan fingerprint density at radius 3 is 2.28 bits per heavy atom. The normalized spacial score (nSPS) is 14.9. The van der Waals surface area contributed by atoms with Gasteiger partial charge in [-0.1, -0.05) is 32.9 Å². The topological polar surface area (TPSA) is 84.9 Å². The quantitative estimate of drug-likeness (QED) is 0.639. The first-order valence-corrected chi connectivity index (χ1v) is 12.4. The number of rotatable bonds is 8. The number of hydrogen-bond donors (Lipinski definition) is 1. The van der Waals surface area contributed by atoms with Crippen LogP contribution in [0.4, 0.5) is 5.69 Å². The summed E-state index contributed by atoms with van der Waals surface area (Å²) in [5.41, 5.74) is 1.59. The van der Waals surface area contributed by atoms with Gasteiger partial charge in [-0.3, -0.25) is 4.79 Å². The Kier molecular flexibility index (Phi) is 7.46. The fraction of sp³-hybridized carbons (Fsp3) is 0.458. The number of amides is 1. The van der Waals surface area contributed by atoms with E-state index in [0.29, 0.717) is 31.1 Å². The number of ether oxygens (including phenoxy) is 2. The second-order valence-electron chi connectivity index (χ2n) is 8.82. The lowest BCUT2D eigenvalue weighted by Crippen LogP contribution is -2.28. The van der Waals surface area contributed by atoms with E-state index in [2.05, 4.69) is 26.1 Å². The van der Waals surface area contributed by atoms with Crippen LogP contribution < -0.4 is 14.8 Å². The van der Waals surface area contributed by atoms with Gasteiger partial charge in [-0.05, 0) is 61.1 Å². The third kappa shape index (κ3) is 5.81. The fourth-order valence-electron chi connectivity index (χ4n) is 3.53. The molecule has 0 spiro atoms. The molecule has 1 amide bonds. The predicted octanol–water partition coefficient (Wildman–Crippen LogP) is 4.18. The van der Waals surface area contributed by atoms with Gasteiger partial charge in [-0.15, -0.1) is 0 Å². The van der Waals surface area contributed by atoms with E-state index < -0.39 is 10.0 Å². The smallest absolute Gasteiger partial charge is 0.262 e. The molecule has 32 heavy (non-hydrogen) atoms. The van der Waals surface area contributed by atoms with Crippen molar-refractivity contribution in [2.75, 3.05) is 31.6 Å². The molecule has 0 aliphatic carbocycles. The third-order valence-electron chi connectivity index (χ3n) is 5.30. The van der Waals surface area contributed by atoms with Crippen LogP contribution in [0.15, 0.2) is 47.4 Å². The zero-order chi connectivity index (χ0) is 23.4. The molecule has 1 aliphatic heterocycles. The van der Waals surface area contributed by atoms with Crippen LogP contribution in [0.2, 0.25) is 0 Å². The lowest BCUT2D eigenvalue weighted by Gasteiger charge is -2.19. The Morgan fingerprint density at radius 2 is 1.69 bits per heavy atom. The zero-order valence-electron chi connectivity index (χ0n) is 19.2. The van der Waals surface area contributed by atoms with Crippen LogP contribution >= 0.6 is 0 Å². The highest BCUT2D eigenvalue weighted by Gasteiger charge is 2.30. The molecule has 7 nitrogen and oxygen atoms in total. The monoisotopic (exact) mass is 460 g/mol. The lowest BCUT2D eigenvalue weighted by atomic mass is 9.87. The first-order chi connectivity index (χ1) is 15.1. The van der Waals surface area contributed by atoms with E-state index in [1.807, 2.05) is 24.3 Å². The van der Waals surface area contributed by atoms with E-state index in [9.17, 15) is 13.2 Å². The molecular weight excluding hydrogens is 428 g/mol. The van der Waals surface area contributed by atoms with E-state index in [1.165, 1.54) is 15.9 Å². The molecule has 3 rings (SSSR count). The summed E-state index contributed by atoms with van der Waals surface area (Å²) in [6, 6.07) is 12.3. The van der Waals surface area contributed by atoms with Gasteiger partial charge in [0.05, 0.1) is 6.61 Å². The molecule has 1 aliphatic rings. The lowest BCUT2D eigenvalue weighted by molar-refractivity contribution is -0.118.